The molecule has 158 valence electrons. The number of nitrogens with zero attached hydrogens (tertiary/aromatic N) is 1. The van der Waals surface area contributed by atoms with Crippen molar-refractivity contribution < 1.29 is 19.7 Å². The molecule has 1 heterocycles. The van der Waals surface area contributed by atoms with Gasteiger partial charge in [0.05, 0.1) is 10.9 Å². The lowest BCUT2D eigenvalue weighted by Gasteiger charge is -2.07. The van der Waals surface area contributed by atoms with Gasteiger partial charge < -0.3 is 19.9 Å². The van der Waals surface area contributed by atoms with Crippen molar-refractivity contribution >= 4 is 28.0 Å². The van der Waals surface area contributed by atoms with Gasteiger partial charge in [-0.05, 0) is 59.7 Å². The molecule has 0 fully saturated rings. The van der Waals surface area contributed by atoms with E-state index in [-0.39, 0.29) is 11.5 Å². The van der Waals surface area contributed by atoms with Crippen molar-refractivity contribution in [1.29, 1.82) is 0 Å². The zero-order valence-corrected chi connectivity index (χ0v) is 17.5. The molecule has 0 bridgehead atoms. The molecule has 5 rings (SSSR count). The van der Waals surface area contributed by atoms with Gasteiger partial charge >= 0.3 is 6.16 Å². The van der Waals surface area contributed by atoms with Crippen LogP contribution in [0.2, 0.25) is 0 Å². The number of phenols is 1. The first-order valence-corrected chi connectivity index (χ1v) is 10.1. The number of hydrogen-bond acceptors (Lipinski definition) is 4. The quantitative estimate of drug-likeness (QED) is 0.229. The van der Waals surface area contributed by atoms with Crippen LogP contribution in [0.15, 0.2) is 66.7 Å². The number of hydrogen-bond donors (Lipinski definition) is 3. The van der Waals surface area contributed by atoms with Gasteiger partial charge in [-0.2, -0.15) is 0 Å². The summed E-state index contributed by atoms with van der Waals surface area (Å²) >= 11 is 0. The van der Waals surface area contributed by atoms with E-state index in [1.165, 1.54) is 17.2 Å². The molecule has 0 aliphatic rings. The first-order chi connectivity index (χ1) is 15.4. The van der Waals surface area contributed by atoms with E-state index in [1.54, 1.807) is 12.1 Å². The number of rotatable bonds is 3. The smallest absolute Gasteiger partial charge is 0.507 e. The molecule has 0 aliphatic heterocycles. The lowest BCUT2D eigenvalue weighted by Crippen LogP contribution is -2.02. The van der Waals surface area contributed by atoms with Crippen LogP contribution in [0.4, 0.5) is 4.79 Å². The van der Waals surface area contributed by atoms with Crippen LogP contribution in [-0.2, 0) is 0 Å². The number of ether oxygens (including phenoxy) is 1. The highest BCUT2D eigenvalue weighted by Gasteiger charge is 2.14. The number of fused-ring (bicyclic) bond motifs is 3. The van der Waals surface area contributed by atoms with Crippen LogP contribution in [0, 0.1) is 13.8 Å². The largest absolute Gasteiger partial charge is 0.511 e. The Balaban J connectivity index is 1.61. The van der Waals surface area contributed by atoms with Gasteiger partial charge in [-0.3, -0.25) is 0 Å². The van der Waals surface area contributed by atoms with E-state index >= 15 is 0 Å². The molecular formula is C26H20N2O4. The Bertz CT molecular complexity index is 1520. The van der Waals surface area contributed by atoms with Crippen LogP contribution in [-0.4, -0.2) is 26.3 Å². The monoisotopic (exact) mass is 424 g/mol. The first kappa shape index (κ1) is 19.6. The van der Waals surface area contributed by atoms with Crippen LogP contribution in [0.3, 0.4) is 0 Å². The second-order valence-electron chi connectivity index (χ2n) is 7.84. The summed E-state index contributed by atoms with van der Waals surface area (Å²) in [7, 11) is 0. The third-order valence-electron chi connectivity index (χ3n) is 5.70. The third-order valence-corrected chi connectivity index (χ3v) is 5.70. The van der Waals surface area contributed by atoms with E-state index in [1.807, 2.05) is 18.2 Å². The Morgan fingerprint density at radius 2 is 1.69 bits per heavy atom. The van der Waals surface area contributed by atoms with Crippen molar-refractivity contribution in [3.05, 3.63) is 77.9 Å². The number of aryl methyl sites for hydroxylation is 2. The van der Waals surface area contributed by atoms with Crippen molar-refractivity contribution in [2.24, 2.45) is 0 Å². The highest BCUT2D eigenvalue weighted by Crippen LogP contribution is 2.36. The summed E-state index contributed by atoms with van der Waals surface area (Å²) in [6.07, 6.45) is -1.43. The minimum Gasteiger partial charge on any atom is -0.507 e. The molecule has 0 aliphatic carbocycles. The van der Waals surface area contributed by atoms with Gasteiger partial charge in [0.15, 0.2) is 0 Å². The zero-order valence-electron chi connectivity index (χ0n) is 17.5. The summed E-state index contributed by atoms with van der Waals surface area (Å²) < 4.78 is 4.69. The maximum atomic E-state index is 10.8. The molecule has 6 heteroatoms. The van der Waals surface area contributed by atoms with Gasteiger partial charge in [-0.25, -0.2) is 9.78 Å². The van der Waals surface area contributed by atoms with Crippen molar-refractivity contribution in [3.8, 4) is 34.0 Å². The number of carboxylic acid groups (broad SMARTS) is 1. The molecule has 0 radical (unpaired) electrons. The summed E-state index contributed by atoms with van der Waals surface area (Å²) in [5, 5.41) is 20.6. The van der Waals surface area contributed by atoms with Crippen molar-refractivity contribution in [2.45, 2.75) is 13.8 Å². The van der Waals surface area contributed by atoms with Crippen molar-refractivity contribution in [3.63, 3.8) is 0 Å². The third kappa shape index (κ3) is 3.41. The second-order valence-corrected chi connectivity index (χ2v) is 7.84. The summed E-state index contributed by atoms with van der Waals surface area (Å²) in [5.41, 5.74) is 7.03. The standard InChI is InChI=1S/C26H20N2O4/c1-14-6-7-17(10-15(14)2)16-4-3-5-19(11-16)25-27-21-9-8-18-12-20(32-26(30)31)13-22(29)23(18)24(21)28-25/h3-13,29H,1-2H3,(H,27,28)(H,30,31). The molecule has 6 nitrogen and oxygen atoms in total. The molecule has 0 saturated carbocycles. The lowest BCUT2D eigenvalue weighted by molar-refractivity contribution is 0.144. The maximum absolute atomic E-state index is 10.8. The number of aromatic amines is 1. The Morgan fingerprint density at radius 3 is 2.47 bits per heavy atom. The second kappa shape index (κ2) is 7.42. The molecule has 0 amide bonds. The van der Waals surface area contributed by atoms with Gasteiger partial charge in [0.2, 0.25) is 0 Å². The van der Waals surface area contributed by atoms with Crippen molar-refractivity contribution in [2.75, 3.05) is 0 Å². The van der Waals surface area contributed by atoms with E-state index in [9.17, 15) is 9.90 Å². The number of nitrogens with one attached hydrogen (secondary N) is 1. The number of carbonyl (C=O) groups is 1. The number of benzene rings is 4. The average molecular weight is 424 g/mol. The molecule has 1 aromatic heterocycles. The highest BCUT2D eigenvalue weighted by molar-refractivity contribution is 6.08. The topological polar surface area (TPSA) is 95.4 Å². The minimum absolute atomic E-state index is 0.0544. The lowest BCUT2D eigenvalue weighted by atomic mass is 9.99. The number of imidazole rings is 1. The molecule has 3 N–H and O–H groups in total. The number of aromatic nitrogens is 2. The molecule has 0 atom stereocenters. The molecule has 0 spiro atoms. The SMILES string of the molecule is Cc1ccc(-c2cccc(-c3nc4c(ccc5cc(OC(=O)O)cc(O)c54)[nH]3)c2)cc1C. The summed E-state index contributed by atoms with van der Waals surface area (Å²) in [4.78, 5) is 18.9. The van der Waals surface area contributed by atoms with E-state index < -0.39 is 6.16 Å². The minimum atomic E-state index is -1.43. The van der Waals surface area contributed by atoms with Crippen LogP contribution in [0.25, 0.3) is 44.3 Å². The maximum Gasteiger partial charge on any atom is 0.511 e. The molecule has 0 unspecified atom stereocenters. The fraction of sp³-hybridized carbons (Fsp3) is 0.0769. The average Bonchev–Trinajstić information content (AvgIpc) is 3.19. The Kier molecular flexibility index (Phi) is 4.56. The van der Waals surface area contributed by atoms with Crippen LogP contribution in [0.1, 0.15) is 11.1 Å². The molecule has 32 heavy (non-hydrogen) atoms. The number of aromatic hydroxyl groups is 1. The summed E-state index contributed by atoms with van der Waals surface area (Å²) in [6.45, 7) is 4.20. The van der Waals surface area contributed by atoms with Gasteiger partial charge in [0.25, 0.3) is 0 Å². The zero-order chi connectivity index (χ0) is 22.4. The van der Waals surface area contributed by atoms with Crippen LogP contribution < -0.4 is 4.74 Å². The van der Waals surface area contributed by atoms with E-state index in [2.05, 4.69) is 53.9 Å². The Morgan fingerprint density at radius 1 is 0.906 bits per heavy atom. The van der Waals surface area contributed by atoms with Crippen LogP contribution >= 0.6 is 0 Å². The number of phenolic OH excluding ortho intramolecular Hbond substituents is 1. The van der Waals surface area contributed by atoms with Gasteiger partial charge in [0.1, 0.15) is 22.8 Å². The molecule has 5 aromatic rings. The Hall–Kier alpha value is -4.32. The van der Waals surface area contributed by atoms with Crippen molar-refractivity contribution in [1.82, 2.24) is 9.97 Å². The van der Waals surface area contributed by atoms with Gasteiger partial charge in [-0.1, -0.05) is 42.5 Å². The van der Waals surface area contributed by atoms with Gasteiger partial charge in [-0.15, -0.1) is 0 Å². The number of H-pyrrole nitrogens is 1. The molecule has 0 saturated heterocycles. The fourth-order valence-corrected chi connectivity index (χ4v) is 3.95. The van der Waals surface area contributed by atoms with E-state index in [4.69, 9.17) is 10.1 Å². The van der Waals surface area contributed by atoms with Crippen LogP contribution in [0.5, 0.6) is 11.5 Å². The highest BCUT2D eigenvalue weighted by atomic mass is 16.7. The predicted octanol–water partition coefficient (Wildman–Crippen LogP) is 6.43. The molecular weight excluding hydrogens is 404 g/mol. The first-order valence-electron chi connectivity index (χ1n) is 10.1. The summed E-state index contributed by atoms with van der Waals surface area (Å²) in [6, 6.07) is 21.0. The van der Waals surface area contributed by atoms with Gasteiger partial charge in [0, 0.05) is 11.6 Å². The fourth-order valence-electron chi connectivity index (χ4n) is 3.95. The Labute approximate surface area is 183 Å². The summed E-state index contributed by atoms with van der Waals surface area (Å²) in [5.74, 6) is 0.647. The van der Waals surface area contributed by atoms with E-state index in [0.29, 0.717) is 22.1 Å². The predicted molar refractivity (Wildman–Crippen MR) is 124 cm³/mol. The van der Waals surface area contributed by atoms with E-state index in [0.717, 1.165) is 22.2 Å². The molecule has 4 aromatic carbocycles. The normalized spacial score (nSPS) is 11.2.